The van der Waals surface area contributed by atoms with Crippen molar-refractivity contribution in [2.45, 2.75) is 46.6 Å². The van der Waals surface area contributed by atoms with Crippen LogP contribution in [0.2, 0.25) is 0 Å². The highest BCUT2D eigenvalue weighted by Crippen LogP contribution is 2.57. The highest BCUT2D eigenvalue weighted by molar-refractivity contribution is 5.81. The van der Waals surface area contributed by atoms with E-state index < -0.39 is 0 Å². The minimum atomic E-state index is -0.389. The molecule has 0 radical (unpaired) electrons. The Morgan fingerprint density at radius 2 is 1.92 bits per heavy atom. The van der Waals surface area contributed by atoms with Crippen LogP contribution in [0.15, 0.2) is 65.2 Å². The van der Waals surface area contributed by atoms with E-state index in [1.165, 1.54) is 23.3 Å². The molecule has 0 bridgehead atoms. The van der Waals surface area contributed by atoms with Crippen LogP contribution in [-0.2, 0) is 0 Å². The van der Waals surface area contributed by atoms with E-state index in [1.807, 2.05) is 19.2 Å². The van der Waals surface area contributed by atoms with Crippen LogP contribution in [0.3, 0.4) is 0 Å². The van der Waals surface area contributed by atoms with Crippen molar-refractivity contribution in [1.29, 1.82) is 0 Å². The molecule has 0 heterocycles. The number of aliphatic imine (C=N–C) groups is 1. The molecule has 0 aliphatic heterocycles. The largest absolute Gasteiger partial charge is 0.281 e. The zero-order valence-electron chi connectivity index (χ0n) is 16.3. The van der Waals surface area contributed by atoms with Gasteiger partial charge in [0.25, 0.3) is 5.69 Å². The number of nitrogens with zero attached hydrogens (tertiary/aromatic N) is 2. The number of non-ortho nitro benzene ring substituents is 1. The fourth-order valence-corrected chi connectivity index (χ4v) is 4.09. The molecule has 26 heavy (non-hydrogen) atoms. The molecule has 0 fully saturated rings. The molecule has 0 amide bonds. The van der Waals surface area contributed by atoms with Gasteiger partial charge in [-0.3, -0.25) is 15.1 Å². The highest BCUT2D eigenvalue weighted by Gasteiger charge is 2.55. The fourth-order valence-electron chi connectivity index (χ4n) is 4.09. The minimum Gasteiger partial charge on any atom is -0.281 e. The van der Waals surface area contributed by atoms with E-state index in [2.05, 4.69) is 46.4 Å². The first-order chi connectivity index (χ1) is 12.2. The van der Waals surface area contributed by atoms with Gasteiger partial charge in [0.05, 0.1) is 10.5 Å². The lowest BCUT2D eigenvalue weighted by atomic mass is 9.66. The van der Waals surface area contributed by atoms with Crippen LogP contribution in [0.1, 0.15) is 46.6 Å². The average molecular weight is 352 g/mol. The second-order valence-corrected chi connectivity index (χ2v) is 7.34. The molecule has 4 nitrogen and oxygen atoms in total. The van der Waals surface area contributed by atoms with Crippen LogP contribution in [0.4, 0.5) is 5.69 Å². The van der Waals surface area contributed by atoms with Gasteiger partial charge in [0.15, 0.2) is 0 Å². The van der Waals surface area contributed by atoms with Crippen molar-refractivity contribution in [3.8, 4) is 0 Å². The smallest absolute Gasteiger partial charge is 0.269 e. The average Bonchev–Trinajstić information content (AvgIpc) is 2.78. The number of hydrogen-bond donors (Lipinski definition) is 0. The summed E-state index contributed by atoms with van der Waals surface area (Å²) in [5, 5.41) is 10.8. The molecule has 1 aromatic carbocycles. The van der Waals surface area contributed by atoms with E-state index in [4.69, 9.17) is 4.99 Å². The number of rotatable bonds is 6. The van der Waals surface area contributed by atoms with Crippen molar-refractivity contribution in [2.75, 3.05) is 0 Å². The summed E-state index contributed by atoms with van der Waals surface area (Å²) in [5.74, 6) is 0.333. The maximum atomic E-state index is 10.8. The first-order valence-electron chi connectivity index (χ1n) is 9.04. The van der Waals surface area contributed by atoms with E-state index in [-0.39, 0.29) is 21.6 Å². The van der Waals surface area contributed by atoms with Gasteiger partial charge < -0.3 is 0 Å². The Balaban J connectivity index is 2.55. The van der Waals surface area contributed by atoms with Gasteiger partial charge in [0.1, 0.15) is 0 Å². The summed E-state index contributed by atoms with van der Waals surface area (Å²) in [6, 6.07) is 6.51. The first-order valence-corrected chi connectivity index (χ1v) is 9.04. The van der Waals surface area contributed by atoms with Crippen LogP contribution in [-0.4, -0.2) is 16.7 Å². The van der Waals surface area contributed by atoms with Crippen molar-refractivity contribution >= 4 is 11.9 Å². The normalized spacial score (nSPS) is 25.3. The second-order valence-electron chi connectivity index (χ2n) is 7.34. The van der Waals surface area contributed by atoms with Crippen molar-refractivity contribution in [1.82, 2.24) is 0 Å². The summed E-state index contributed by atoms with van der Waals surface area (Å²) >= 11 is 0. The molecule has 1 aromatic rings. The third-order valence-corrected chi connectivity index (χ3v) is 5.97. The van der Waals surface area contributed by atoms with Gasteiger partial charge in [-0.25, -0.2) is 0 Å². The zero-order valence-corrected chi connectivity index (χ0v) is 16.3. The molecular formula is C22H28N2O2. The van der Waals surface area contributed by atoms with Crippen LogP contribution >= 0.6 is 0 Å². The summed E-state index contributed by atoms with van der Waals surface area (Å²) in [6.07, 6.45) is 8.88. The Kier molecular flexibility index (Phi) is 5.65. The predicted molar refractivity (Wildman–Crippen MR) is 109 cm³/mol. The standard InChI is InChI=1S/C22H28N2O2/c1-7-10-20-19(8-2)16(4)21(5,6)22(20,9-3)23-15-17-11-13-18(14-12-17)24(25)26/h7-8,10-16H,2,9H2,1,3-6H3/b10-7-,23-15+. The molecule has 0 saturated heterocycles. The lowest BCUT2D eigenvalue weighted by molar-refractivity contribution is -0.384. The molecule has 138 valence electrons. The molecule has 2 atom stereocenters. The third kappa shape index (κ3) is 3.05. The number of hydrogen-bond acceptors (Lipinski definition) is 3. The summed E-state index contributed by atoms with van der Waals surface area (Å²) < 4.78 is 0. The SMILES string of the molecule is C=CC1=C(/C=C\C)C(CC)(/N=C/c2ccc([N+](=O)[O-])cc2)C(C)(C)C1C. The van der Waals surface area contributed by atoms with Crippen LogP contribution in [0.5, 0.6) is 0 Å². The van der Waals surface area contributed by atoms with Gasteiger partial charge in [0.2, 0.25) is 0 Å². The van der Waals surface area contributed by atoms with Crippen molar-refractivity contribution in [3.05, 3.63) is 75.9 Å². The molecule has 0 saturated carbocycles. The summed E-state index contributed by atoms with van der Waals surface area (Å²) in [6.45, 7) is 15.0. The minimum absolute atomic E-state index is 0.0720. The Morgan fingerprint density at radius 3 is 2.38 bits per heavy atom. The van der Waals surface area contributed by atoms with E-state index >= 15 is 0 Å². The molecule has 1 aliphatic rings. The van der Waals surface area contributed by atoms with Crippen molar-refractivity contribution in [3.63, 3.8) is 0 Å². The van der Waals surface area contributed by atoms with Crippen LogP contribution in [0.25, 0.3) is 0 Å². The third-order valence-electron chi connectivity index (χ3n) is 5.97. The van der Waals surface area contributed by atoms with Gasteiger partial charge in [0, 0.05) is 23.8 Å². The molecule has 0 N–H and O–H groups in total. The fraction of sp³-hybridized carbons (Fsp3) is 0.409. The van der Waals surface area contributed by atoms with Gasteiger partial charge in [-0.15, -0.1) is 0 Å². The Morgan fingerprint density at radius 1 is 1.31 bits per heavy atom. The topological polar surface area (TPSA) is 55.5 Å². The van der Waals surface area contributed by atoms with E-state index in [9.17, 15) is 10.1 Å². The van der Waals surface area contributed by atoms with Crippen LogP contribution in [0, 0.1) is 21.4 Å². The van der Waals surface area contributed by atoms with Gasteiger partial charge >= 0.3 is 0 Å². The second kappa shape index (κ2) is 7.40. The predicted octanol–water partition coefficient (Wildman–Crippen LogP) is 5.90. The number of benzene rings is 1. The lowest BCUT2D eigenvalue weighted by Crippen LogP contribution is -2.43. The van der Waals surface area contributed by atoms with E-state index in [1.54, 1.807) is 12.1 Å². The Hall–Kier alpha value is -2.49. The summed E-state index contributed by atoms with van der Waals surface area (Å²) in [4.78, 5) is 15.5. The Labute approximate surface area is 156 Å². The van der Waals surface area contributed by atoms with E-state index in [0.717, 1.165) is 12.0 Å². The highest BCUT2D eigenvalue weighted by atomic mass is 16.6. The number of nitro benzene ring substituents is 1. The molecular weight excluding hydrogens is 324 g/mol. The van der Waals surface area contributed by atoms with E-state index in [0.29, 0.717) is 5.92 Å². The first kappa shape index (κ1) is 19.8. The number of allylic oxidation sites excluding steroid dienone is 3. The quantitative estimate of drug-likeness (QED) is 0.364. The van der Waals surface area contributed by atoms with Crippen molar-refractivity contribution in [2.24, 2.45) is 16.3 Å². The molecule has 0 aromatic heterocycles. The Bertz CT molecular complexity index is 785. The maximum absolute atomic E-state index is 10.8. The molecule has 2 unspecified atom stereocenters. The zero-order chi connectivity index (χ0) is 19.5. The monoisotopic (exact) mass is 352 g/mol. The number of nitro groups is 1. The maximum Gasteiger partial charge on any atom is 0.269 e. The van der Waals surface area contributed by atoms with Gasteiger partial charge in [-0.1, -0.05) is 52.5 Å². The van der Waals surface area contributed by atoms with Crippen LogP contribution < -0.4 is 0 Å². The molecule has 2 rings (SSSR count). The summed E-state index contributed by atoms with van der Waals surface area (Å²) in [7, 11) is 0. The molecule has 4 heteroatoms. The molecule has 0 spiro atoms. The van der Waals surface area contributed by atoms with Crippen molar-refractivity contribution < 1.29 is 4.92 Å². The lowest BCUT2D eigenvalue weighted by Gasteiger charge is -2.42. The molecule has 1 aliphatic carbocycles. The van der Waals surface area contributed by atoms with Gasteiger partial charge in [-0.2, -0.15) is 0 Å². The summed E-state index contributed by atoms with van der Waals surface area (Å²) in [5.41, 5.74) is 2.98. The van der Waals surface area contributed by atoms with Gasteiger partial charge in [-0.05, 0) is 48.1 Å².